The highest BCUT2D eigenvalue weighted by Gasteiger charge is 2.25. The molecule has 0 saturated carbocycles. The number of sulfonamides is 1. The van der Waals surface area contributed by atoms with E-state index in [9.17, 15) is 12.8 Å². The summed E-state index contributed by atoms with van der Waals surface area (Å²) in [4.78, 5) is 0. The predicted octanol–water partition coefficient (Wildman–Crippen LogP) is 3.48. The number of rotatable bonds is 7. The molecule has 0 fully saturated rings. The molecule has 1 aliphatic heterocycles. The molecule has 1 heterocycles. The Labute approximate surface area is 159 Å². The lowest BCUT2D eigenvalue weighted by atomic mass is 10.1. The Morgan fingerprint density at radius 3 is 2.67 bits per heavy atom. The van der Waals surface area contributed by atoms with Crippen LogP contribution in [0.15, 0.2) is 42.5 Å². The van der Waals surface area contributed by atoms with E-state index in [0.29, 0.717) is 45.1 Å². The first-order valence-corrected chi connectivity index (χ1v) is 10.6. The first kappa shape index (κ1) is 19.8. The van der Waals surface area contributed by atoms with E-state index in [0.717, 1.165) is 16.7 Å². The van der Waals surface area contributed by atoms with Gasteiger partial charge in [0, 0.05) is 18.7 Å². The van der Waals surface area contributed by atoms with Crippen molar-refractivity contribution < 1.29 is 22.3 Å². The van der Waals surface area contributed by atoms with E-state index in [2.05, 4.69) is 0 Å². The highest BCUT2D eigenvalue weighted by atomic mass is 32.2. The molecule has 3 rings (SSSR count). The number of halogens is 1. The maximum Gasteiger partial charge on any atom is 0.214 e. The second kappa shape index (κ2) is 8.82. The van der Waals surface area contributed by atoms with Gasteiger partial charge in [0.2, 0.25) is 10.0 Å². The van der Waals surface area contributed by atoms with Gasteiger partial charge in [0.25, 0.3) is 0 Å². The molecule has 146 valence electrons. The van der Waals surface area contributed by atoms with E-state index in [4.69, 9.17) is 9.47 Å². The molecule has 0 aromatic heterocycles. The van der Waals surface area contributed by atoms with Crippen molar-refractivity contribution in [2.24, 2.45) is 0 Å². The Kier molecular flexibility index (Phi) is 6.46. The molecule has 2 aromatic carbocycles. The number of nitrogens with zero attached hydrogens (tertiary/aromatic N) is 1. The second-order valence-electron chi connectivity index (χ2n) is 6.56. The van der Waals surface area contributed by atoms with Gasteiger partial charge in [-0.25, -0.2) is 12.8 Å². The zero-order chi connectivity index (χ0) is 19.3. The number of hydrogen-bond donors (Lipinski definition) is 0. The van der Waals surface area contributed by atoms with Crippen LogP contribution in [0.3, 0.4) is 0 Å². The first-order valence-electron chi connectivity index (χ1n) is 9.02. The Bertz CT molecular complexity index is 885. The number of ether oxygens (including phenoxy) is 2. The molecule has 0 saturated heterocycles. The standard InChI is InChI=1S/C20H24FNO4S/c1-2-10-27(23,24)22-8-9-26-20-7-6-17(11-18(20)13-22)15-25-14-16-4-3-5-19(21)12-16/h3-7,11-12H,2,8-10,13-15H2,1H3. The van der Waals surface area contributed by atoms with Gasteiger partial charge in [-0.1, -0.05) is 25.1 Å². The number of benzene rings is 2. The third-order valence-corrected chi connectivity index (χ3v) is 6.37. The molecule has 1 aliphatic rings. The van der Waals surface area contributed by atoms with Crippen LogP contribution in [-0.4, -0.2) is 31.6 Å². The predicted molar refractivity (Wildman–Crippen MR) is 101 cm³/mol. The van der Waals surface area contributed by atoms with Crippen molar-refractivity contribution in [3.05, 3.63) is 65.0 Å². The second-order valence-corrected chi connectivity index (χ2v) is 8.65. The Balaban J connectivity index is 1.67. The summed E-state index contributed by atoms with van der Waals surface area (Å²) in [6.07, 6.45) is 0.584. The molecule has 0 bridgehead atoms. The van der Waals surface area contributed by atoms with Crippen LogP contribution in [0.4, 0.5) is 4.39 Å². The summed E-state index contributed by atoms with van der Waals surface area (Å²) in [5.41, 5.74) is 2.52. The maximum atomic E-state index is 13.2. The molecule has 0 spiro atoms. The van der Waals surface area contributed by atoms with E-state index in [1.54, 1.807) is 6.07 Å². The third kappa shape index (κ3) is 5.28. The molecule has 0 unspecified atom stereocenters. The van der Waals surface area contributed by atoms with E-state index in [1.165, 1.54) is 16.4 Å². The van der Waals surface area contributed by atoms with Gasteiger partial charge in [-0.3, -0.25) is 0 Å². The Morgan fingerprint density at radius 2 is 1.93 bits per heavy atom. The molecule has 2 aromatic rings. The average Bonchev–Trinajstić information content (AvgIpc) is 2.84. The highest BCUT2D eigenvalue weighted by molar-refractivity contribution is 7.89. The lowest BCUT2D eigenvalue weighted by molar-refractivity contribution is 0.107. The Hall–Kier alpha value is -1.96. The summed E-state index contributed by atoms with van der Waals surface area (Å²) >= 11 is 0. The van der Waals surface area contributed by atoms with Gasteiger partial charge in [0.1, 0.15) is 18.2 Å². The van der Waals surface area contributed by atoms with Gasteiger partial charge in [-0.2, -0.15) is 4.31 Å². The summed E-state index contributed by atoms with van der Waals surface area (Å²) < 4.78 is 50.9. The van der Waals surface area contributed by atoms with Crippen molar-refractivity contribution in [2.45, 2.75) is 33.1 Å². The minimum Gasteiger partial charge on any atom is -0.492 e. The number of hydrogen-bond acceptors (Lipinski definition) is 4. The lowest BCUT2D eigenvalue weighted by Gasteiger charge is -2.19. The van der Waals surface area contributed by atoms with Crippen LogP contribution in [0.5, 0.6) is 5.75 Å². The smallest absolute Gasteiger partial charge is 0.214 e. The van der Waals surface area contributed by atoms with Gasteiger partial charge in [0.15, 0.2) is 0 Å². The molecule has 7 heteroatoms. The van der Waals surface area contributed by atoms with Crippen molar-refractivity contribution in [1.82, 2.24) is 4.31 Å². The van der Waals surface area contributed by atoms with Crippen molar-refractivity contribution in [3.63, 3.8) is 0 Å². The zero-order valence-corrected chi connectivity index (χ0v) is 16.2. The van der Waals surface area contributed by atoms with Crippen LogP contribution in [-0.2, 0) is 34.5 Å². The minimum absolute atomic E-state index is 0.138. The summed E-state index contributed by atoms with van der Waals surface area (Å²) in [5, 5.41) is 0. The third-order valence-electron chi connectivity index (χ3n) is 4.35. The fourth-order valence-corrected chi connectivity index (χ4v) is 4.51. The van der Waals surface area contributed by atoms with Crippen molar-refractivity contribution in [2.75, 3.05) is 18.9 Å². The van der Waals surface area contributed by atoms with Crippen LogP contribution < -0.4 is 4.74 Å². The topological polar surface area (TPSA) is 55.8 Å². The van der Waals surface area contributed by atoms with Gasteiger partial charge < -0.3 is 9.47 Å². The normalized spacial score (nSPS) is 15.0. The number of fused-ring (bicyclic) bond motifs is 1. The monoisotopic (exact) mass is 393 g/mol. The summed E-state index contributed by atoms with van der Waals surface area (Å²) in [7, 11) is -3.28. The largest absolute Gasteiger partial charge is 0.492 e. The van der Waals surface area contributed by atoms with Crippen LogP contribution in [0.25, 0.3) is 0 Å². The van der Waals surface area contributed by atoms with Crippen LogP contribution >= 0.6 is 0 Å². The van der Waals surface area contributed by atoms with E-state index in [1.807, 2.05) is 31.2 Å². The van der Waals surface area contributed by atoms with E-state index >= 15 is 0 Å². The fourth-order valence-electron chi connectivity index (χ4n) is 3.05. The van der Waals surface area contributed by atoms with Crippen molar-refractivity contribution in [3.8, 4) is 5.75 Å². The van der Waals surface area contributed by atoms with E-state index in [-0.39, 0.29) is 11.6 Å². The zero-order valence-electron chi connectivity index (χ0n) is 15.4. The SMILES string of the molecule is CCCS(=O)(=O)N1CCOc2ccc(COCc3cccc(F)c3)cc2C1. The molecule has 0 aliphatic carbocycles. The first-order chi connectivity index (χ1) is 13.0. The highest BCUT2D eigenvalue weighted by Crippen LogP contribution is 2.26. The summed E-state index contributed by atoms with van der Waals surface area (Å²) in [6, 6.07) is 12.0. The molecular weight excluding hydrogens is 369 g/mol. The molecule has 0 atom stereocenters. The molecular formula is C20H24FNO4S. The summed E-state index contributed by atoms with van der Waals surface area (Å²) in [6.45, 7) is 3.50. The summed E-state index contributed by atoms with van der Waals surface area (Å²) in [5.74, 6) is 0.559. The molecule has 0 radical (unpaired) electrons. The van der Waals surface area contributed by atoms with Crippen LogP contribution in [0, 0.1) is 5.82 Å². The Morgan fingerprint density at radius 1 is 1.15 bits per heavy atom. The van der Waals surface area contributed by atoms with Crippen molar-refractivity contribution >= 4 is 10.0 Å². The quantitative estimate of drug-likeness (QED) is 0.723. The molecule has 27 heavy (non-hydrogen) atoms. The minimum atomic E-state index is -3.28. The van der Waals surface area contributed by atoms with Gasteiger partial charge >= 0.3 is 0 Å². The average molecular weight is 393 g/mol. The van der Waals surface area contributed by atoms with Gasteiger partial charge in [-0.05, 0) is 41.8 Å². The molecule has 5 nitrogen and oxygen atoms in total. The van der Waals surface area contributed by atoms with Gasteiger partial charge in [0.05, 0.1) is 19.0 Å². The van der Waals surface area contributed by atoms with Crippen LogP contribution in [0.1, 0.15) is 30.0 Å². The van der Waals surface area contributed by atoms with Crippen molar-refractivity contribution in [1.29, 1.82) is 0 Å². The lowest BCUT2D eigenvalue weighted by Crippen LogP contribution is -2.34. The maximum absolute atomic E-state index is 13.2. The molecule has 0 amide bonds. The molecule has 0 N–H and O–H groups in total. The van der Waals surface area contributed by atoms with E-state index < -0.39 is 10.0 Å². The fraction of sp³-hybridized carbons (Fsp3) is 0.400. The van der Waals surface area contributed by atoms with Gasteiger partial charge in [-0.15, -0.1) is 0 Å². The van der Waals surface area contributed by atoms with Crippen LogP contribution in [0.2, 0.25) is 0 Å².